The third-order valence-electron chi connectivity index (χ3n) is 7.75. The monoisotopic (exact) mass is 532 g/mol. The van der Waals surface area contributed by atoms with E-state index in [0.717, 1.165) is 41.5 Å². The van der Waals surface area contributed by atoms with Crippen molar-refractivity contribution in [2.75, 3.05) is 18.4 Å². The third-order valence-corrected chi connectivity index (χ3v) is 7.75. The molecule has 0 bridgehead atoms. The zero-order valence-electron chi connectivity index (χ0n) is 21.7. The van der Waals surface area contributed by atoms with E-state index in [0.29, 0.717) is 18.2 Å². The summed E-state index contributed by atoms with van der Waals surface area (Å²) in [5, 5.41) is 6.86. The van der Waals surface area contributed by atoms with Gasteiger partial charge in [-0.05, 0) is 98.5 Å². The molecule has 6 rings (SSSR count). The van der Waals surface area contributed by atoms with Crippen LogP contribution in [0, 0.1) is 0 Å². The number of nitrogens with one attached hydrogen (secondary N) is 1. The van der Waals surface area contributed by atoms with E-state index < -0.39 is 12.0 Å². The maximum atomic E-state index is 13.6. The third kappa shape index (κ3) is 5.83. The number of alkyl halides is 3. The molecule has 0 amide bonds. The van der Waals surface area contributed by atoms with Crippen molar-refractivity contribution < 1.29 is 13.2 Å². The van der Waals surface area contributed by atoms with Crippen molar-refractivity contribution in [2.45, 2.75) is 57.2 Å². The standard InChI is InChI=1S/C30H31F3N6/c31-30(32,33)28-36-29(39(37-28)27-15-8-22(20-34-27)18-21-6-2-1-3-7-21)35-25-12-9-23-10-13-26(14-11-24(23)19-25)38-16-4-5-17-38/h1-3,6-9,12,15,19-20,26H,4-5,10-11,13-14,16-18H2,(H,35,36,37). The molecule has 6 nitrogen and oxygen atoms in total. The minimum atomic E-state index is -4.67. The Hall–Kier alpha value is -3.72. The maximum absolute atomic E-state index is 13.6. The number of anilines is 2. The fraction of sp³-hybridized carbons (Fsp3) is 0.367. The molecule has 2 aliphatic rings. The number of benzene rings is 2. The van der Waals surface area contributed by atoms with Crippen molar-refractivity contribution in [3.63, 3.8) is 0 Å². The van der Waals surface area contributed by atoms with Crippen molar-refractivity contribution in [1.29, 1.82) is 0 Å². The molecule has 1 atom stereocenters. The first kappa shape index (κ1) is 25.6. The van der Waals surface area contributed by atoms with Crippen molar-refractivity contribution in [3.05, 3.63) is 94.9 Å². The van der Waals surface area contributed by atoms with Crippen LogP contribution >= 0.6 is 0 Å². The van der Waals surface area contributed by atoms with Gasteiger partial charge in [0, 0.05) is 17.9 Å². The van der Waals surface area contributed by atoms with Crippen molar-refractivity contribution in [2.24, 2.45) is 0 Å². The van der Waals surface area contributed by atoms with Gasteiger partial charge in [0.2, 0.25) is 5.95 Å². The lowest BCUT2D eigenvalue weighted by atomic mass is 10.0. The van der Waals surface area contributed by atoms with E-state index in [1.165, 1.54) is 37.1 Å². The number of fused-ring (bicyclic) bond motifs is 1. The molecule has 1 aliphatic heterocycles. The SMILES string of the molecule is FC(F)(F)c1nc(Nc2ccc3c(c2)CCC(N2CCCC2)CC3)n(-c2ccc(Cc3ccccc3)cn2)n1. The average Bonchev–Trinajstić information content (AvgIpc) is 3.57. The molecular formula is C30H31F3N6. The Morgan fingerprint density at radius 3 is 2.36 bits per heavy atom. The molecule has 1 N–H and O–H groups in total. The van der Waals surface area contributed by atoms with Crippen molar-refractivity contribution >= 4 is 11.6 Å². The quantitative estimate of drug-likeness (QED) is 0.293. The van der Waals surface area contributed by atoms with Gasteiger partial charge in [0.05, 0.1) is 0 Å². The maximum Gasteiger partial charge on any atom is 0.453 e. The summed E-state index contributed by atoms with van der Waals surface area (Å²) in [5.74, 6) is -0.960. The van der Waals surface area contributed by atoms with Gasteiger partial charge in [-0.25, -0.2) is 4.98 Å². The van der Waals surface area contributed by atoms with E-state index in [4.69, 9.17) is 0 Å². The summed E-state index contributed by atoms with van der Waals surface area (Å²) in [5.41, 5.74) is 5.33. The number of aryl methyl sites for hydroxylation is 2. The number of halogens is 3. The molecule has 0 saturated carbocycles. The van der Waals surface area contributed by atoms with Crippen LogP contribution in [0.1, 0.15) is 53.8 Å². The van der Waals surface area contributed by atoms with Crippen LogP contribution in [-0.2, 0) is 25.4 Å². The molecular weight excluding hydrogens is 501 g/mol. The van der Waals surface area contributed by atoms with Gasteiger partial charge in [-0.15, -0.1) is 5.10 Å². The number of hydrogen-bond donors (Lipinski definition) is 1. The van der Waals surface area contributed by atoms with Crippen LogP contribution in [0.3, 0.4) is 0 Å². The molecule has 9 heteroatoms. The summed E-state index contributed by atoms with van der Waals surface area (Å²) in [4.78, 5) is 10.8. The molecule has 4 aromatic rings. The summed E-state index contributed by atoms with van der Waals surface area (Å²) in [6.45, 7) is 2.37. The first-order valence-electron chi connectivity index (χ1n) is 13.6. The van der Waals surface area contributed by atoms with Gasteiger partial charge in [-0.1, -0.05) is 42.5 Å². The smallest absolute Gasteiger partial charge is 0.324 e. The normalized spacial score (nSPS) is 18.1. The summed E-state index contributed by atoms with van der Waals surface area (Å²) >= 11 is 0. The average molecular weight is 533 g/mol. The fourth-order valence-corrected chi connectivity index (χ4v) is 5.72. The summed E-state index contributed by atoms with van der Waals surface area (Å²) in [6.07, 6.45) is 4.46. The Morgan fingerprint density at radius 1 is 0.872 bits per heavy atom. The van der Waals surface area contributed by atoms with E-state index in [1.807, 2.05) is 48.5 Å². The predicted molar refractivity (Wildman–Crippen MR) is 144 cm³/mol. The molecule has 2 aromatic heterocycles. The fourth-order valence-electron chi connectivity index (χ4n) is 5.72. The molecule has 0 radical (unpaired) electrons. The van der Waals surface area contributed by atoms with Gasteiger partial charge in [-0.2, -0.15) is 22.8 Å². The Morgan fingerprint density at radius 2 is 1.64 bits per heavy atom. The van der Waals surface area contributed by atoms with Gasteiger partial charge >= 0.3 is 6.18 Å². The van der Waals surface area contributed by atoms with Crippen LogP contribution in [0.5, 0.6) is 0 Å². The molecule has 3 heterocycles. The van der Waals surface area contributed by atoms with Gasteiger partial charge in [-0.3, -0.25) is 0 Å². The Bertz CT molecular complexity index is 1410. The van der Waals surface area contributed by atoms with Gasteiger partial charge in [0.1, 0.15) is 0 Å². The lowest BCUT2D eigenvalue weighted by Gasteiger charge is -2.25. The highest BCUT2D eigenvalue weighted by Crippen LogP contribution is 2.31. The van der Waals surface area contributed by atoms with Crippen LogP contribution in [-0.4, -0.2) is 43.8 Å². The first-order chi connectivity index (χ1) is 18.9. The minimum Gasteiger partial charge on any atom is -0.324 e. The van der Waals surface area contributed by atoms with Gasteiger partial charge in [0.15, 0.2) is 5.82 Å². The number of nitrogens with zero attached hydrogens (tertiary/aromatic N) is 5. The van der Waals surface area contributed by atoms with Crippen LogP contribution in [0.15, 0.2) is 66.9 Å². The van der Waals surface area contributed by atoms with E-state index >= 15 is 0 Å². The highest BCUT2D eigenvalue weighted by Gasteiger charge is 2.37. The summed E-state index contributed by atoms with van der Waals surface area (Å²) < 4.78 is 41.9. The topological polar surface area (TPSA) is 58.9 Å². The largest absolute Gasteiger partial charge is 0.453 e. The molecule has 1 saturated heterocycles. The van der Waals surface area contributed by atoms with E-state index in [9.17, 15) is 13.2 Å². The van der Waals surface area contributed by atoms with Gasteiger partial charge in [0.25, 0.3) is 5.82 Å². The molecule has 0 spiro atoms. The van der Waals surface area contributed by atoms with Crippen molar-refractivity contribution in [1.82, 2.24) is 24.6 Å². The van der Waals surface area contributed by atoms with Gasteiger partial charge < -0.3 is 10.2 Å². The number of hydrogen-bond acceptors (Lipinski definition) is 5. The second-order valence-electron chi connectivity index (χ2n) is 10.4. The number of rotatable bonds is 6. The predicted octanol–water partition coefficient (Wildman–Crippen LogP) is 6.36. The molecule has 39 heavy (non-hydrogen) atoms. The zero-order chi connectivity index (χ0) is 26.8. The molecule has 1 aliphatic carbocycles. The summed E-state index contributed by atoms with van der Waals surface area (Å²) in [6, 6.07) is 20.1. The number of aromatic nitrogens is 4. The number of pyridine rings is 1. The highest BCUT2D eigenvalue weighted by atomic mass is 19.4. The van der Waals surface area contributed by atoms with Crippen LogP contribution in [0.4, 0.5) is 24.8 Å². The molecule has 1 unspecified atom stereocenters. The zero-order valence-corrected chi connectivity index (χ0v) is 21.7. The van der Waals surface area contributed by atoms with E-state index in [1.54, 1.807) is 12.3 Å². The number of likely N-dealkylation sites (tertiary alicyclic amines) is 1. The minimum absolute atomic E-state index is 0.0193. The van der Waals surface area contributed by atoms with E-state index in [-0.39, 0.29) is 11.8 Å². The highest BCUT2D eigenvalue weighted by molar-refractivity contribution is 5.58. The Balaban J connectivity index is 1.23. The summed E-state index contributed by atoms with van der Waals surface area (Å²) in [7, 11) is 0. The Kier molecular flexibility index (Phi) is 7.08. The van der Waals surface area contributed by atoms with Crippen LogP contribution < -0.4 is 5.32 Å². The lowest BCUT2D eigenvalue weighted by Crippen LogP contribution is -2.32. The second kappa shape index (κ2) is 10.8. The van der Waals surface area contributed by atoms with Crippen LogP contribution in [0.2, 0.25) is 0 Å². The Labute approximate surface area is 225 Å². The lowest BCUT2D eigenvalue weighted by molar-refractivity contribution is -0.144. The molecule has 202 valence electrons. The van der Waals surface area contributed by atoms with Crippen molar-refractivity contribution in [3.8, 4) is 5.82 Å². The second-order valence-corrected chi connectivity index (χ2v) is 10.4. The van der Waals surface area contributed by atoms with Crippen LogP contribution in [0.25, 0.3) is 5.82 Å². The first-order valence-corrected chi connectivity index (χ1v) is 13.6. The molecule has 2 aromatic carbocycles. The van der Waals surface area contributed by atoms with E-state index in [2.05, 4.69) is 31.3 Å². The molecule has 1 fully saturated rings.